The Morgan fingerprint density at radius 1 is 1.15 bits per heavy atom. The molecule has 0 bridgehead atoms. The van der Waals surface area contributed by atoms with E-state index < -0.39 is 5.97 Å². The van der Waals surface area contributed by atoms with Gasteiger partial charge in [0.1, 0.15) is 0 Å². The quantitative estimate of drug-likeness (QED) is 0.661. The van der Waals surface area contributed by atoms with Crippen LogP contribution in [-0.2, 0) is 4.74 Å². The standard InChI is InChI=1S/C14H12Cl2N2O2/c1-20-14(19)8-2-5-11(17)13(6-8)18-12-7-9(15)3-4-10(12)16/h2-7,18H,17H2,1H3. The Hall–Kier alpha value is -1.91. The SMILES string of the molecule is COC(=O)c1ccc(N)c(Nc2cc(Cl)ccc2Cl)c1. The highest BCUT2D eigenvalue weighted by Crippen LogP contribution is 2.31. The van der Waals surface area contributed by atoms with Crippen LogP contribution in [0.2, 0.25) is 10.0 Å². The first-order valence-electron chi connectivity index (χ1n) is 5.71. The van der Waals surface area contributed by atoms with Crippen molar-refractivity contribution in [3.63, 3.8) is 0 Å². The molecule has 2 aromatic rings. The number of nitrogens with two attached hydrogens (primary N) is 1. The number of anilines is 3. The molecule has 0 aliphatic heterocycles. The fraction of sp³-hybridized carbons (Fsp3) is 0.0714. The van der Waals surface area contributed by atoms with Crippen molar-refractivity contribution in [2.45, 2.75) is 0 Å². The molecule has 0 saturated heterocycles. The number of nitrogen functional groups attached to an aromatic ring is 1. The number of nitrogens with one attached hydrogen (secondary N) is 1. The largest absolute Gasteiger partial charge is 0.465 e. The number of rotatable bonds is 3. The van der Waals surface area contributed by atoms with E-state index in [1.165, 1.54) is 7.11 Å². The summed E-state index contributed by atoms with van der Waals surface area (Å²) in [5, 5.41) is 4.09. The van der Waals surface area contributed by atoms with Crippen molar-refractivity contribution < 1.29 is 9.53 Å². The van der Waals surface area contributed by atoms with Gasteiger partial charge in [-0.2, -0.15) is 0 Å². The zero-order valence-electron chi connectivity index (χ0n) is 10.6. The van der Waals surface area contributed by atoms with Gasteiger partial charge in [-0.3, -0.25) is 0 Å². The highest BCUT2D eigenvalue weighted by atomic mass is 35.5. The molecule has 0 heterocycles. The van der Waals surface area contributed by atoms with Gasteiger partial charge in [0.25, 0.3) is 0 Å². The molecule has 6 heteroatoms. The predicted octanol–water partition coefficient (Wildman–Crippen LogP) is 4.11. The maximum Gasteiger partial charge on any atom is 0.337 e. The van der Waals surface area contributed by atoms with E-state index in [1.807, 2.05) is 0 Å². The molecule has 0 saturated carbocycles. The summed E-state index contributed by atoms with van der Waals surface area (Å²) < 4.78 is 4.67. The number of carbonyl (C=O) groups excluding carboxylic acids is 1. The molecule has 0 fully saturated rings. The number of esters is 1. The van der Waals surface area contributed by atoms with E-state index in [2.05, 4.69) is 10.1 Å². The molecule has 4 nitrogen and oxygen atoms in total. The Kier molecular flexibility index (Phi) is 4.37. The first-order valence-corrected chi connectivity index (χ1v) is 6.47. The molecule has 0 amide bonds. The molecule has 0 aliphatic rings. The Morgan fingerprint density at radius 3 is 2.60 bits per heavy atom. The third kappa shape index (κ3) is 3.15. The van der Waals surface area contributed by atoms with Gasteiger partial charge in [-0.1, -0.05) is 23.2 Å². The molecule has 2 rings (SSSR count). The third-order valence-corrected chi connectivity index (χ3v) is 3.24. The van der Waals surface area contributed by atoms with Crippen molar-refractivity contribution in [3.05, 3.63) is 52.0 Å². The lowest BCUT2D eigenvalue weighted by Crippen LogP contribution is -2.04. The summed E-state index contributed by atoms with van der Waals surface area (Å²) in [5.74, 6) is -0.440. The van der Waals surface area contributed by atoms with Crippen LogP contribution in [0.5, 0.6) is 0 Å². The van der Waals surface area contributed by atoms with E-state index in [-0.39, 0.29) is 0 Å². The fourth-order valence-corrected chi connectivity index (χ4v) is 1.98. The Morgan fingerprint density at radius 2 is 1.90 bits per heavy atom. The normalized spacial score (nSPS) is 10.2. The summed E-state index contributed by atoms with van der Waals surface area (Å²) in [7, 11) is 1.32. The van der Waals surface area contributed by atoms with Crippen LogP contribution in [0.1, 0.15) is 10.4 Å². The van der Waals surface area contributed by atoms with E-state index >= 15 is 0 Å². The van der Waals surface area contributed by atoms with Gasteiger partial charge in [-0.15, -0.1) is 0 Å². The highest BCUT2D eigenvalue weighted by molar-refractivity contribution is 6.35. The number of ether oxygens (including phenoxy) is 1. The molecule has 0 unspecified atom stereocenters. The molecule has 104 valence electrons. The summed E-state index contributed by atoms with van der Waals surface area (Å²) in [4.78, 5) is 11.5. The second-order valence-electron chi connectivity index (χ2n) is 4.04. The highest BCUT2D eigenvalue weighted by Gasteiger charge is 2.10. The Bertz CT molecular complexity index is 660. The second kappa shape index (κ2) is 6.03. The van der Waals surface area contributed by atoms with Gasteiger partial charge in [0, 0.05) is 5.02 Å². The molecule has 0 atom stereocenters. The first-order chi connectivity index (χ1) is 9.51. The van der Waals surface area contributed by atoms with Crippen molar-refractivity contribution in [1.29, 1.82) is 0 Å². The molecule has 0 radical (unpaired) electrons. The lowest BCUT2D eigenvalue weighted by Gasteiger charge is -2.12. The third-order valence-electron chi connectivity index (χ3n) is 2.67. The number of carbonyl (C=O) groups is 1. The molecule has 20 heavy (non-hydrogen) atoms. The van der Waals surface area contributed by atoms with Gasteiger partial charge < -0.3 is 15.8 Å². The van der Waals surface area contributed by atoms with E-state index in [0.717, 1.165) is 0 Å². The number of methoxy groups -OCH3 is 1. The van der Waals surface area contributed by atoms with Crippen LogP contribution in [0.15, 0.2) is 36.4 Å². The molecular formula is C14H12Cl2N2O2. The summed E-state index contributed by atoms with van der Waals surface area (Å²) in [6.07, 6.45) is 0. The number of halogens is 2. The van der Waals surface area contributed by atoms with Crippen LogP contribution in [-0.4, -0.2) is 13.1 Å². The number of hydrogen-bond donors (Lipinski definition) is 2. The lowest BCUT2D eigenvalue weighted by molar-refractivity contribution is 0.0601. The molecule has 0 aromatic heterocycles. The van der Waals surface area contributed by atoms with Crippen molar-refractivity contribution in [1.82, 2.24) is 0 Å². The van der Waals surface area contributed by atoms with Gasteiger partial charge >= 0.3 is 5.97 Å². The van der Waals surface area contributed by atoms with Crippen molar-refractivity contribution >= 4 is 46.2 Å². The summed E-state index contributed by atoms with van der Waals surface area (Å²) in [5.41, 5.74) is 7.91. The topological polar surface area (TPSA) is 64.3 Å². The maximum atomic E-state index is 11.5. The van der Waals surface area contributed by atoms with Crippen LogP contribution in [0.3, 0.4) is 0 Å². The van der Waals surface area contributed by atoms with E-state index in [4.69, 9.17) is 28.9 Å². The van der Waals surface area contributed by atoms with Gasteiger partial charge in [0.15, 0.2) is 0 Å². The summed E-state index contributed by atoms with van der Waals surface area (Å²) >= 11 is 12.0. The first kappa shape index (κ1) is 14.5. The van der Waals surface area contributed by atoms with Gasteiger partial charge in [-0.25, -0.2) is 4.79 Å². The minimum atomic E-state index is -0.440. The van der Waals surface area contributed by atoms with E-state index in [1.54, 1.807) is 36.4 Å². The smallest absolute Gasteiger partial charge is 0.337 e. The summed E-state index contributed by atoms with van der Waals surface area (Å²) in [6.45, 7) is 0. The fourth-order valence-electron chi connectivity index (χ4n) is 1.65. The van der Waals surface area contributed by atoms with E-state index in [0.29, 0.717) is 32.7 Å². The predicted molar refractivity (Wildman–Crippen MR) is 81.9 cm³/mol. The van der Waals surface area contributed by atoms with Gasteiger partial charge in [0.2, 0.25) is 0 Å². The van der Waals surface area contributed by atoms with Gasteiger partial charge in [-0.05, 0) is 36.4 Å². The Labute approximate surface area is 126 Å². The van der Waals surface area contributed by atoms with Crippen LogP contribution in [0, 0.1) is 0 Å². The van der Waals surface area contributed by atoms with E-state index in [9.17, 15) is 4.79 Å². The lowest BCUT2D eigenvalue weighted by atomic mass is 10.1. The average molecular weight is 311 g/mol. The second-order valence-corrected chi connectivity index (χ2v) is 4.89. The van der Waals surface area contributed by atoms with Crippen molar-refractivity contribution in [2.24, 2.45) is 0 Å². The monoisotopic (exact) mass is 310 g/mol. The Balaban J connectivity index is 2.37. The number of benzene rings is 2. The molecule has 0 aliphatic carbocycles. The molecule has 2 aromatic carbocycles. The summed E-state index contributed by atoms with van der Waals surface area (Å²) in [6, 6.07) is 9.83. The average Bonchev–Trinajstić information content (AvgIpc) is 2.44. The van der Waals surface area contributed by atoms with Crippen LogP contribution >= 0.6 is 23.2 Å². The van der Waals surface area contributed by atoms with Crippen LogP contribution < -0.4 is 11.1 Å². The number of hydrogen-bond acceptors (Lipinski definition) is 4. The van der Waals surface area contributed by atoms with Crippen molar-refractivity contribution in [3.8, 4) is 0 Å². The maximum absolute atomic E-state index is 11.5. The molecular weight excluding hydrogens is 299 g/mol. The van der Waals surface area contributed by atoms with Crippen LogP contribution in [0.25, 0.3) is 0 Å². The zero-order chi connectivity index (χ0) is 14.7. The van der Waals surface area contributed by atoms with Crippen molar-refractivity contribution in [2.75, 3.05) is 18.2 Å². The molecule has 3 N–H and O–H groups in total. The van der Waals surface area contributed by atoms with Gasteiger partial charge in [0.05, 0.1) is 34.8 Å². The molecule has 0 spiro atoms. The van der Waals surface area contributed by atoms with Crippen LogP contribution in [0.4, 0.5) is 17.1 Å². The zero-order valence-corrected chi connectivity index (χ0v) is 12.1. The minimum Gasteiger partial charge on any atom is -0.465 e. The minimum absolute atomic E-state index is 0.391.